The highest BCUT2D eigenvalue weighted by molar-refractivity contribution is 7.10. The van der Waals surface area contributed by atoms with Gasteiger partial charge in [0.15, 0.2) is 5.13 Å². The van der Waals surface area contributed by atoms with E-state index in [1.165, 1.54) is 6.07 Å². The zero-order valence-corrected chi connectivity index (χ0v) is 11.8. The van der Waals surface area contributed by atoms with Gasteiger partial charge in [-0.1, -0.05) is 0 Å². The van der Waals surface area contributed by atoms with Crippen molar-refractivity contribution in [3.63, 3.8) is 0 Å². The SMILES string of the molecule is COCc1cc(NCc2ccc(F)s2)nn1C.Cl. The lowest BCUT2D eigenvalue weighted by Crippen LogP contribution is -2.00. The number of nitrogens with zero attached hydrogens (tertiary/aromatic N) is 2. The third kappa shape index (κ3) is 3.69. The molecule has 0 spiro atoms. The maximum atomic E-state index is 12.8. The van der Waals surface area contributed by atoms with Crippen molar-refractivity contribution in [1.29, 1.82) is 0 Å². The average Bonchev–Trinajstić information content (AvgIpc) is 2.84. The van der Waals surface area contributed by atoms with E-state index in [4.69, 9.17) is 4.74 Å². The van der Waals surface area contributed by atoms with Crippen molar-refractivity contribution in [3.8, 4) is 0 Å². The lowest BCUT2D eigenvalue weighted by molar-refractivity contribution is 0.178. The van der Waals surface area contributed by atoms with E-state index in [9.17, 15) is 4.39 Å². The van der Waals surface area contributed by atoms with Crippen molar-refractivity contribution in [2.45, 2.75) is 13.2 Å². The van der Waals surface area contributed by atoms with Crippen LogP contribution in [-0.4, -0.2) is 16.9 Å². The second kappa shape index (κ2) is 6.72. The van der Waals surface area contributed by atoms with E-state index >= 15 is 0 Å². The normalized spacial score (nSPS) is 10.2. The molecular formula is C11H15ClFN3OS. The number of anilines is 1. The molecule has 0 fully saturated rings. The molecule has 0 saturated heterocycles. The first-order valence-electron chi connectivity index (χ1n) is 5.19. The molecule has 0 bridgehead atoms. The highest BCUT2D eigenvalue weighted by Crippen LogP contribution is 2.16. The fourth-order valence-electron chi connectivity index (χ4n) is 1.50. The monoisotopic (exact) mass is 291 g/mol. The molecule has 0 unspecified atom stereocenters. The number of aromatic nitrogens is 2. The van der Waals surface area contributed by atoms with Gasteiger partial charge in [-0.15, -0.1) is 23.7 Å². The molecule has 0 saturated carbocycles. The van der Waals surface area contributed by atoms with Crippen molar-refractivity contribution >= 4 is 29.6 Å². The number of halogens is 2. The van der Waals surface area contributed by atoms with Crippen LogP contribution in [0.15, 0.2) is 18.2 Å². The molecule has 0 aliphatic carbocycles. The molecule has 2 aromatic rings. The van der Waals surface area contributed by atoms with Crippen LogP contribution in [-0.2, 0) is 24.9 Å². The fourth-order valence-corrected chi connectivity index (χ4v) is 2.17. The van der Waals surface area contributed by atoms with Gasteiger partial charge in [0.2, 0.25) is 0 Å². The largest absolute Gasteiger partial charge is 0.378 e. The summed E-state index contributed by atoms with van der Waals surface area (Å²) in [6.07, 6.45) is 0. The number of hydrogen-bond donors (Lipinski definition) is 1. The van der Waals surface area contributed by atoms with E-state index < -0.39 is 0 Å². The molecule has 0 aliphatic heterocycles. The summed E-state index contributed by atoms with van der Waals surface area (Å²) < 4.78 is 19.6. The van der Waals surface area contributed by atoms with Gasteiger partial charge < -0.3 is 10.1 Å². The summed E-state index contributed by atoms with van der Waals surface area (Å²) in [7, 11) is 3.51. The van der Waals surface area contributed by atoms with E-state index in [0.717, 1.165) is 27.7 Å². The van der Waals surface area contributed by atoms with Gasteiger partial charge in [-0.25, -0.2) is 0 Å². The average molecular weight is 292 g/mol. The van der Waals surface area contributed by atoms with Crippen LogP contribution in [0.3, 0.4) is 0 Å². The lowest BCUT2D eigenvalue weighted by atomic mass is 10.4. The molecule has 0 amide bonds. The number of methoxy groups -OCH3 is 1. The topological polar surface area (TPSA) is 39.1 Å². The molecule has 100 valence electrons. The molecule has 0 radical (unpaired) electrons. The minimum Gasteiger partial charge on any atom is -0.378 e. The molecule has 2 heterocycles. The minimum absolute atomic E-state index is 0. The predicted molar refractivity (Wildman–Crippen MR) is 72.8 cm³/mol. The van der Waals surface area contributed by atoms with Gasteiger partial charge in [0.25, 0.3) is 0 Å². The van der Waals surface area contributed by atoms with E-state index in [1.807, 2.05) is 13.1 Å². The number of thiophene rings is 1. The molecule has 0 atom stereocenters. The van der Waals surface area contributed by atoms with Gasteiger partial charge >= 0.3 is 0 Å². The van der Waals surface area contributed by atoms with E-state index in [1.54, 1.807) is 17.9 Å². The first kappa shape index (κ1) is 14.9. The Morgan fingerprint density at radius 2 is 2.28 bits per heavy atom. The second-order valence-corrected chi connectivity index (χ2v) is 4.76. The highest BCUT2D eigenvalue weighted by atomic mass is 35.5. The van der Waals surface area contributed by atoms with Crippen LogP contribution in [0.2, 0.25) is 0 Å². The lowest BCUT2D eigenvalue weighted by Gasteiger charge is -1.98. The van der Waals surface area contributed by atoms with Crippen LogP contribution in [0.25, 0.3) is 0 Å². The van der Waals surface area contributed by atoms with Crippen molar-refractivity contribution in [1.82, 2.24) is 9.78 Å². The zero-order valence-electron chi connectivity index (χ0n) is 10.1. The van der Waals surface area contributed by atoms with Crippen LogP contribution in [0.1, 0.15) is 10.6 Å². The number of rotatable bonds is 5. The second-order valence-electron chi connectivity index (χ2n) is 3.64. The minimum atomic E-state index is -0.164. The molecule has 0 aromatic carbocycles. The standard InChI is InChI=1S/C11H14FN3OS.ClH/c1-15-8(7-16-2)5-11(14-15)13-6-9-3-4-10(12)17-9;/h3-5H,6-7H2,1-2H3,(H,13,14);1H. The fraction of sp³-hybridized carbons (Fsp3) is 0.364. The van der Waals surface area contributed by atoms with E-state index in [2.05, 4.69) is 10.4 Å². The quantitative estimate of drug-likeness (QED) is 0.921. The van der Waals surface area contributed by atoms with Crippen molar-refractivity contribution in [2.75, 3.05) is 12.4 Å². The van der Waals surface area contributed by atoms with Gasteiger partial charge in [-0.05, 0) is 12.1 Å². The van der Waals surface area contributed by atoms with Crippen molar-refractivity contribution in [2.24, 2.45) is 7.05 Å². The van der Waals surface area contributed by atoms with Crippen molar-refractivity contribution < 1.29 is 9.13 Å². The molecule has 2 aromatic heterocycles. The van der Waals surface area contributed by atoms with E-state index in [-0.39, 0.29) is 17.5 Å². The van der Waals surface area contributed by atoms with Gasteiger partial charge in [0, 0.05) is 25.1 Å². The van der Waals surface area contributed by atoms with Gasteiger partial charge in [-0.2, -0.15) is 9.49 Å². The Morgan fingerprint density at radius 1 is 1.50 bits per heavy atom. The summed E-state index contributed by atoms with van der Waals surface area (Å²) in [6.45, 7) is 1.11. The summed E-state index contributed by atoms with van der Waals surface area (Å²) in [4.78, 5) is 0.946. The summed E-state index contributed by atoms with van der Waals surface area (Å²) in [5, 5.41) is 7.27. The van der Waals surface area contributed by atoms with Gasteiger partial charge in [0.1, 0.15) is 5.82 Å². The number of hydrogen-bond acceptors (Lipinski definition) is 4. The van der Waals surface area contributed by atoms with Crippen LogP contribution in [0.4, 0.5) is 10.2 Å². The Bertz CT molecular complexity index is 500. The smallest absolute Gasteiger partial charge is 0.176 e. The Kier molecular flexibility index (Phi) is 5.58. The molecule has 7 heteroatoms. The number of nitrogens with one attached hydrogen (secondary N) is 1. The van der Waals surface area contributed by atoms with Crippen LogP contribution >= 0.6 is 23.7 Å². The van der Waals surface area contributed by atoms with Crippen LogP contribution < -0.4 is 5.32 Å². The highest BCUT2D eigenvalue weighted by Gasteiger charge is 2.05. The Labute approximate surface area is 115 Å². The number of aryl methyl sites for hydroxylation is 1. The molecule has 2 rings (SSSR count). The molecular weight excluding hydrogens is 277 g/mol. The van der Waals surface area contributed by atoms with E-state index in [0.29, 0.717) is 13.2 Å². The maximum absolute atomic E-state index is 12.8. The summed E-state index contributed by atoms with van der Waals surface area (Å²) in [5.74, 6) is 0.772. The van der Waals surface area contributed by atoms with Gasteiger partial charge in [-0.3, -0.25) is 4.68 Å². The summed E-state index contributed by atoms with van der Waals surface area (Å²) in [6, 6.07) is 5.16. The Hall–Kier alpha value is -1.11. The Morgan fingerprint density at radius 3 is 2.89 bits per heavy atom. The van der Waals surface area contributed by atoms with Crippen LogP contribution in [0, 0.1) is 5.13 Å². The molecule has 4 nitrogen and oxygen atoms in total. The molecule has 0 aliphatic rings. The third-order valence-corrected chi connectivity index (χ3v) is 3.22. The third-order valence-electron chi connectivity index (χ3n) is 2.34. The zero-order chi connectivity index (χ0) is 12.3. The number of ether oxygens (including phenoxy) is 1. The summed E-state index contributed by atoms with van der Waals surface area (Å²) in [5.41, 5.74) is 0.993. The van der Waals surface area contributed by atoms with Crippen LogP contribution in [0.5, 0.6) is 0 Å². The first-order valence-corrected chi connectivity index (χ1v) is 6.00. The first-order chi connectivity index (χ1) is 8.19. The maximum Gasteiger partial charge on any atom is 0.176 e. The Balaban J connectivity index is 0.00000162. The molecule has 1 N–H and O–H groups in total. The summed E-state index contributed by atoms with van der Waals surface area (Å²) >= 11 is 1.14. The van der Waals surface area contributed by atoms with Gasteiger partial charge in [0.05, 0.1) is 18.8 Å². The molecule has 18 heavy (non-hydrogen) atoms. The van der Waals surface area contributed by atoms with Crippen molar-refractivity contribution in [3.05, 3.63) is 33.9 Å². The predicted octanol–water partition coefficient (Wildman–Crippen LogP) is 2.80.